The molecule has 0 spiro atoms. The van der Waals surface area contributed by atoms with E-state index >= 15 is 0 Å². The Balaban J connectivity index is 2.07. The second-order valence-corrected chi connectivity index (χ2v) is 4.89. The predicted octanol–water partition coefficient (Wildman–Crippen LogP) is 2.71. The maximum atomic E-state index is 10.9. The molecule has 6 nitrogen and oxygen atoms in total. The number of ether oxygens (including phenoxy) is 1. The Morgan fingerprint density at radius 1 is 1.48 bits per heavy atom. The van der Waals surface area contributed by atoms with Crippen LogP contribution in [0.2, 0.25) is 0 Å². The van der Waals surface area contributed by atoms with Crippen molar-refractivity contribution in [3.05, 3.63) is 41.7 Å². The zero-order chi connectivity index (χ0) is 15.4. The number of anilines is 1. The van der Waals surface area contributed by atoms with Crippen molar-refractivity contribution in [2.75, 3.05) is 5.73 Å². The van der Waals surface area contributed by atoms with Crippen molar-refractivity contribution in [1.82, 2.24) is 9.78 Å². The number of nitrogens with two attached hydrogens (primary N) is 1. The highest BCUT2D eigenvalue weighted by Crippen LogP contribution is 2.23. The summed E-state index contributed by atoms with van der Waals surface area (Å²) in [4.78, 5) is 10.9. The van der Waals surface area contributed by atoms with Crippen molar-refractivity contribution in [1.29, 1.82) is 0 Å². The van der Waals surface area contributed by atoms with E-state index in [-0.39, 0.29) is 12.2 Å². The summed E-state index contributed by atoms with van der Waals surface area (Å²) in [6, 6.07) is 6.60. The number of carbonyl (C=O) groups is 1. The lowest BCUT2D eigenvalue weighted by Crippen LogP contribution is -2.06. The van der Waals surface area contributed by atoms with Gasteiger partial charge in [0.25, 0.3) is 0 Å². The SMILES string of the molecule is CCC(C)n1ccc(COc2cc(C(=O)O)ccc2N)n1. The summed E-state index contributed by atoms with van der Waals surface area (Å²) in [7, 11) is 0. The van der Waals surface area contributed by atoms with Gasteiger partial charge in [0, 0.05) is 12.2 Å². The number of carboxylic acids is 1. The summed E-state index contributed by atoms with van der Waals surface area (Å²) in [6.07, 6.45) is 2.90. The van der Waals surface area contributed by atoms with E-state index in [0.717, 1.165) is 12.1 Å². The second kappa shape index (κ2) is 6.30. The van der Waals surface area contributed by atoms with Crippen molar-refractivity contribution < 1.29 is 14.6 Å². The molecule has 1 aromatic heterocycles. The molecule has 1 unspecified atom stereocenters. The van der Waals surface area contributed by atoms with E-state index in [4.69, 9.17) is 15.6 Å². The fraction of sp³-hybridized carbons (Fsp3) is 0.333. The van der Waals surface area contributed by atoms with E-state index in [1.54, 1.807) is 0 Å². The first kappa shape index (κ1) is 14.9. The molecule has 0 radical (unpaired) electrons. The van der Waals surface area contributed by atoms with Crippen molar-refractivity contribution in [2.45, 2.75) is 32.9 Å². The van der Waals surface area contributed by atoms with Crippen LogP contribution in [0.1, 0.15) is 42.4 Å². The molecule has 0 aliphatic heterocycles. The van der Waals surface area contributed by atoms with E-state index in [1.165, 1.54) is 18.2 Å². The van der Waals surface area contributed by atoms with Crippen molar-refractivity contribution in [3.8, 4) is 5.75 Å². The Labute approximate surface area is 123 Å². The normalized spacial score (nSPS) is 12.1. The van der Waals surface area contributed by atoms with Crippen LogP contribution in [-0.4, -0.2) is 20.9 Å². The topological polar surface area (TPSA) is 90.4 Å². The van der Waals surface area contributed by atoms with Gasteiger partial charge in [-0.25, -0.2) is 4.79 Å². The monoisotopic (exact) mass is 289 g/mol. The first-order valence-electron chi connectivity index (χ1n) is 6.81. The molecular weight excluding hydrogens is 270 g/mol. The second-order valence-electron chi connectivity index (χ2n) is 4.89. The Bertz CT molecular complexity index is 637. The number of hydrogen-bond acceptors (Lipinski definition) is 4. The number of aromatic nitrogens is 2. The lowest BCUT2D eigenvalue weighted by Gasteiger charge is -2.09. The molecule has 21 heavy (non-hydrogen) atoms. The highest BCUT2D eigenvalue weighted by atomic mass is 16.5. The van der Waals surface area contributed by atoms with Gasteiger partial charge in [-0.2, -0.15) is 5.10 Å². The van der Waals surface area contributed by atoms with Gasteiger partial charge in [-0.15, -0.1) is 0 Å². The molecule has 1 atom stereocenters. The van der Waals surface area contributed by atoms with Crippen LogP contribution in [0.15, 0.2) is 30.5 Å². The van der Waals surface area contributed by atoms with E-state index < -0.39 is 5.97 Å². The van der Waals surface area contributed by atoms with Crippen LogP contribution in [0.5, 0.6) is 5.75 Å². The zero-order valence-corrected chi connectivity index (χ0v) is 12.1. The molecule has 0 aliphatic rings. The maximum absolute atomic E-state index is 10.9. The number of nitrogen functional groups attached to an aromatic ring is 1. The summed E-state index contributed by atoms with van der Waals surface area (Å²) in [6.45, 7) is 4.43. The van der Waals surface area contributed by atoms with Crippen LogP contribution >= 0.6 is 0 Å². The molecule has 112 valence electrons. The van der Waals surface area contributed by atoms with E-state index in [0.29, 0.717) is 17.5 Å². The first-order valence-corrected chi connectivity index (χ1v) is 6.81. The molecule has 1 aromatic carbocycles. The highest BCUT2D eigenvalue weighted by Gasteiger charge is 2.09. The molecule has 0 aliphatic carbocycles. The summed E-state index contributed by atoms with van der Waals surface area (Å²) < 4.78 is 7.46. The average molecular weight is 289 g/mol. The molecule has 0 fully saturated rings. The first-order chi connectivity index (χ1) is 10.0. The van der Waals surface area contributed by atoms with Crippen molar-refractivity contribution in [2.24, 2.45) is 0 Å². The van der Waals surface area contributed by atoms with Crippen LogP contribution in [-0.2, 0) is 6.61 Å². The fourth-order valence-electron chi connectivity index (χ4n) is 1.83. The lowest BCUT2D eigenvalue weighted by molar-refractivity contribution is 0.0696. The van der Waals surface area contributed by atoms with Crippen molar-refractivity contribution >= 4 is 11.7 Å². The Hall–Kier alpha value is -2.50. The molecular formula is C15H19N3O3. The number of benzene rings is 1. The van der Waals surface area contributed by atoms with Gasteiger partial charge in [0.15, 0.2) is 0 Å². The van der Waals surface area contributed by atoms with E-state index in [1.807, 2.05) is 16.9 Å². The van der Waals surface area contributed by atoms with Crippen LogP contribution in [0, 0.1) is 0 Å². The largest absolute Gasteiger partial charge is 0.485 e. The molecule has 0 saturated heterocycles. The molecule has 0 bridgehead atoms. The number of carboxylic acid groups (broad SMARTS) is 1. The molecule has 2 rings (SSSR count). The number of hydrogen-bond donors (Lipinski definition) is 2. The third kappa shape index (κ3) is 3.53. The van der Waals surface area contributed by atoms with Crippen LogP contribution in [0.3, 0.4) is 0 Å². The van der Waals surface area contributed by atoms with E-state index in [2.05, 4.69) is 18.9 Å². The minimum Gasteiger partial charge on any atom is -0.485 e. The average Bonchev–Trinajstić information content (AvgIpc) is 2.94. The number of rotatable bonds is 6. The van der Waals surface area contributed by atoms with Gasteiger partial charge in [0.2, 0.25) is 0 Å². The highest BCUT2D eigenvalue weighted by molar-refractivity contribution is 5.89. The summed E-state index contributed by atoms with van der Waals surface area (Å²) in [5, 5.41) is 13.4. The van der Waals surface area contributed by atoms with E-state index in [9.17, 15) is 4.79 Å². The van der Waals surface area contributed by atoms with Gasteiger partial charge >= 0.3 is 5.97 Å². The maximum Gasteiger partial charge on any atom is 0.335 e. The number of nitrogens with zero attached hydrogens (tertiary/aromatic N) is 2. The minimum atomic E-state index is -1.01. The van der Waals surface area contributed by atoms with Gasteiger partial charge in [-0.3, -0.25) is 4.68 Å². The predicted molar refractivity (Wildman–Crippen MR) is 79.4 cm³/mol. The van der Waals surface area contributed by atoms with Gasteiger partial charge in [0.1, 0.15) is 12.4 Å². The van der Waals surface area contributed by atoms with Crippen LogP contribution in [0.25, 0.3) is 0 Å². The Morgan fingerprint density at radius 3 is 2.90 bits per heavy atom. The smallest absolute Gasteiger partial charge is 0.335 e. The van der Waals surface area contributed by atoms with Gasteiger partial charge in [-0.05, 0) is 37.6 Å². The molecule has 3 N–H and O–H groups in total. The number of aromatic carboxylic acids is 1. The summed E-state index contributed by atoms with van der Waals surface area (Å²) in [5.74, 6) is -0.658. The third-order valence-electron chi connectivity index (χ3n) is 3.34. The summed E-state index contributed by atoms with van der Waals surface area (Å²) >= 11 is 0. The van der Waals surface area contributed by atoms with Crippen molar-refractivity contribution in [3.63, 3.8) is 0 Å². The Kier molecular flexibility index (Phi) is 4.47. The van der Waals surface area contributed by atoms with Gasteiger partial charge < -0.3 is 15.6 Å². The molecule has 0 amide bonds. The Morgan fingerprint density at radius 2 is 2.24 bits per heavy atom. The lowest BCUT2D eigenvalue weighted by atomic mass is 10.2. The molecule has 0 saturated carbocycles. The fourth-order valence-corrected chi connectivity index (χ4v) is 1.83. The molecule has 6 heteroatoms. The van der Waals surface area contributed by atoms with Crippen LogP contribution < -0.4 is 10.5 Å². The minimum absolute atomic E-state index is 0.143. The standard InChI is InChI=1S/C15H19N3O3/c1-3-10(2)18-7-6-12(17-18)9-21-14-8-11(15(19)20)4-5-13(14)16/h4-8,10H,3,9,16H2,1-2H3,(H,19,20). The third-order valence-corrected chi connectivity index (χ3v) is 3.34. The zero-order valence-electron chi connectivity index (χ0n) is 12.1. The van der Waals surface area contributed by atoms with Gasteiger partial charge in [0.05, 0.1) is 16.9 Å². The van der Waals surface area contributed by atoms with Gasteiger partial charge in [-0.1, -0.05) is 6.92 Å². The van der Waals surface area contributed by atoms with Crippen LogP contribution in [0.4, 0.5) is 5.69 Å². The molecule has 1 heterocycles. The summed E-state index contributed by atoms with van der Waals surface area (Å²) in [5.41, 5.74) is 7.11. The molecule has 2 aromatic rings. The quantitative estimate of drug-likeness (QED) is 0.798.